The maximum atomic E-state index is 5.84. The minimum absolute atomic E-state index is 0.185. The largest absolute Gasteiger partial charge is 0.373 e. The highest BCUT2D eigenvalue weighted by atomic mass is 79.9. The molecule has 15 heavy (non-hydrogen) atoms. The monoisotopic (exact) mass is 270 g/mol. The SMILES string of the molecule is CC(C)CCO[C@@H](CBr)c1ccccc1. The Balaban J connectivity index is 2.43. The van der Waals surface area contributed by atoms with Crippen LogP contribution in [0.25, 0.3) is 0 Å². The van der Waals surface area contributed by atoms with Crippen LogP contribution < -0.4 is 0 Å². The van der Waals surface area contributed by atoms with E-state index in [1.165, 1.54) is 5.56 Å². The van der Waals surface area contributed by atoms with E-state index in [0.29, 0.717) is 5.92 Å². The molecule has 0 saturated heterocycles. The molecule has 84 valence electrons. The van der Waals surface area contributed by atoms with Crippen LogP contribution in [0.2, 0.25) is 0 Å². The van der Waals surface area contributed by atoms with Crippen LogP contribution in [0.3, 0.4) is 0 Å². The van der Waals surface area contributed by atoms with E-state index in [9.17, 15) is 0 Å². The van der Waals surface area contributed by atoms with Gasteiger partial charge in [0.2, 0.25) is 0 Å². The van der Waals surface area contributed by atoms with Crippen molar-refractivity contribution in [1.29, 1.82) is 0 Å². The van der Waals surface area contributed by atoms with Crippen LogP contribution in [0.5, 0.6) is 0 Å². The van der Waals surface area contributed by atoms with Gasteiger partial charge in [-0.3, -0.25) is 0 Å². The molecule has 1 atom stereocenters. The fourth-order valence-corrected chi connectivity index (χ4v) is 1.90. The van der Waals surface area contributed by atoms with Crippen molar-refractivity contribution in [2.45, 2.75) is 26.4 Å². The van der Waals surface area contributed by atoms with Crippen molar-refractivity contribution in [3.8, 4) is 0 Å². The van der Waals surface area contributed by atoms with Crippen molar-refractivity contribution in [3.05, 3.63) is 35.9 Å². The summed E-state index contributed by atoms with van der Waals surface area (Å²) in [7, 11) is 0. The number of hydrogen-bond acceptors (Lipinski definition) is 1. The molecular weight excluding hydrogens is 252 g/mol. The molecule has 1 aromatic rings. The Morgan fingerprint density at radius 2 is 1.87 bits per heavy atom. The molecule has 0 N–H and O–H groups in total. The summed E-state index contributed by atoms with van der Waals surface area (Å²) in [5.74, 6) is 0.705. The molecule has 0 amide bonds. The molecule has 1 rings (SSSR count). The average molecular weight is 271 g/mol. The van der Waals surface area contributed by atoms with E-state index in [1.807, 2.05) is 6.07 Å². The van der Waals surface area contributed by atoms with Gasteiger partial charge < -0.3 is 4.74 Å². The predicted octanol–water partition coefficient (Wildman–Crippen LogP) is 4.19. The Kier molecular flexibility index (Phi) is 5.96. The number of halogens is 1. The van der Waals surface area contributed by atoms with Gasteiger partial charge in [0.25, 0.3) is 0 Å². The Morgan fingerprint density at radius 1 is 1.20 bits per heavy atom. The Labute approximate surface area is 101 Å². The smallest absolute Gasteiger partial charge is 0.0921 e. The molecule has 0 spiro atoms. The first-order valence-corrected chi connectivity index (χ1v) is 6.58. The topological polar surface area (TPSA) is 9.23 Å². The number of rotatable bonds is 6. The Morgan fingerprint density at radius 3 is 2.40 bits per heavy atom. The zero-order valence-electron chi connectivity index (χ0n) is 9.45. The van der Waals surface area contributed by atoms with Gasteiger partial charge in [0.05, 0.1) is 6.10 Å². The highest BCUT2D eigenvalue weighted by molar-refractivity contribution is 9.09. The standard InChI is InChI=1S/C13H19BrO/c1-11(2)8-9-15-13(10-14)12-6-4-3-5-7-12/h3-7,11,13H,8-10H2,1-2H3/t13-/m0/s1. The Hall–Kier alpha value is -0.340. The van der Waals surface area contributed by atoms with Gasteiger partial charge in [-0.1, -0.05) is 60.1 Å². The van der Waals surface area contributed by atoms with E-state index in [1.54, 1.807) is 0 Å². The van der Waals surface area contributed by atoms with Crippen LogP contribution in [0.15, 0.2) is 30.3 Å². The number of ether oxygens (including phenoxy) is 1. The molecule has 0 fully saturated rings. The van der Waals surface area contributed by atoms with Crippen LogP contribution in [0.4, 0.5) is 0 Å². The van der Waals surface area contributed by atoms with Crippen LogP contribution in [-0.4, -0.2) is 11.9 Å². The molecule has 0 aliphatic rings. The molecule has 0 aromatic heterocycles. The highest BCUT2D eigenvalue weighted by Crippen LogP contribution is 2.20. The Bertz CT molecular complexity index is 258. The zero-order valence-corrected chi connectivity index (χ0v) is 11.0. The maximum absolute atomic E-state index is 5.84. The van der Waals surface area contributed by atoms with E-state index >= 15 is 0 Å². The number of benzene rings is 1. The minimum atomic E-state index is 0.185. The van der Waals surface area contributed by atoms with Crippen LogP contribution in [0.1, 0.15) is 31.9 Å². The van der Waals surface area contributed by atoms with Gasteiger partial charge in [0.1, 0.15) is 0 Å². The molecule has 0 bridgehead atoms. The molecule has 2 heteroatoms. The van der Waals surface area contributed by atoms with Crippen LogP contribution in [0, 0.1) is 5.92 Å². The molecule has 0 aliphatic heterocycles. The molecule has 0 aliphatic carbocycles. The molecule has 0 heterocycles. The summed E-state index contributed by atoms with van der Waals surface area (Å²) in [5.41, 5.74) is 1.25. The lowest BCUT2D eigenvalue weighted by molar-refractivity contribution is 0.0622. The van der Waals surface area contributed by atoms with Crippen molar-refractivity contribution >= 4 is 15.9 Å². The third-order valence-electron chi connectivity index (χ3n) is 2.33. The fraction of sp³-hybridized carbons (Fsp3) is 0.538. The molecule has 0 radical (unpaired) electrons. The first-order chi connectivity index (χ1) is 7.24. The summed E-state index contributed by atoms with van der Waals surface area (Å²) in [6, 6.07) is 10.4. The van der Waals surface area contributed by atoms with Gasteiger partial charge in [-0.05, 0) is 17.9 Å². The molecule has 1 aromatic carbocycles. The quantitative estimate of drug-likeness (QED) is 0.705. The van der Waals surface area contributed by atoms with E-state index in [-0.39, 0.29) is 6.10 Å². The molecule has 1 nitrogen and oxygen atoms in total. The van der Waals surface area contributed by atoms with Gasteiger partial charge in [-0.2, -0.15) is 0 Å². The summed E-state index contributed by atoms with van der Waals surface area (Å²) in [6.45, 7) is 5.27. The zero-order chi connectivity index (χ0) is 11.1. The summed E-state index contributed by atoms with van der Waals surface area (Å²) >= 11 is 3.49. The third kappa shape index (κ3) is 4.80. The second-order valence-corrected chi connectivity index (χ2v) is 4.75. The summed E-state index contributed by atoms with van der Waals surface area (Å²) in [4.78, 5) is 0. The average Bonchev–Trinajstić information content (AvgIpc) is 2.25. The van der Waals surface area contributed by atoms with E-state index in [0.717, 1.165) is 18.4 Å². The minimum Gasteiger partial charge on any atom is -0.373 e. The number of hydrogen-bond donors (Lipinski definition) is 0. The van der Waals surface area contributed by atoms with E-state index in [4.69, 9.17) is 4.74 Å². The molecule has 0 saturated carbocycles. The van der Waals surface area contributed by atoms with Gasteiger partial charge in [-0.15, -0.1) is 0 Å². The lowest BCUT2D eigenvalue weighted by Crippen LogP contribution is -2.08. The van der Waals surface area contributed by atoms with Crippen molar-refractivity contribution < 1.29 is 4.74 Å². The van der Waals surface area contributed by atoms with Gasteiger partial charge >= 0.3 is 0 Å². The number of alkyl halides is 1. The van der Waals surface area contributed by atoms with Crippen molar-refractivity contribution in [2.24, 2.45) is 5.92 Å². The van der Waals surface area contributed by atoms with E-state index < -0.39 is 0 Å². The van der Waals surface area contributed by atoms with Crippen LogP contribution in [-0.2, 0) is 4.74 Å². The van der Waals surface area contributed by atoms with Crippen molar-refractivity contribution in [2.75, 3.05) is 11.9 Å². The maximum Gasteiger partial charge on any atom is 0.0921 e. The summed E-state index contributed by atoms with van der Waals surface area (Å²) in [6.07, 6.45) is 1.31. The highest BCUT2D eigenvalue weighted by Gasteiger charge is 2.09. The normalized spacial score (nSPS) is 13.1. The van der Waals surface area contributed by atoms with Crippen molar-refractivity contribution in [1.82, 2.24) is 0 Å². The molecular formula is C13H19BrO. The predicted molar refractivity (Wildman–Crippen MR) is 68.4 cm³/mol. The molecule has 0 unspecified atom stereocenters. The van der Waals surface area contributed by atoms with Gasteiger partial charge in [-0.25, -0.2) is 0 Å². The first kappa shape index (κ1) is 12.7. The first-order valence-electron chi connectivity index (χ1n) is 5.46. The second-order valence-electron chi connectivity index (χ2n) is 4.11. The van der Waals surface area contributed by atoms with Gasteiger partial charge in [0, 0.05) is 11.9 Å². The van der Waals surface area contributed by atoms with Crippen LogP contribution >= 0.6 is 15.9 Å². The lowest BCUT2D eigenvalue weighted by Gasteiger charge is -2.16. The van der Waals surface area contributed by atoms with E-state index in [2.05, 4.69) is 54.0 Å². The fourth-order valence-electron chi connectivity index (χ4n) is 1.34. The van der Waals surface area contributed by atoms with Gasteiger partial charge in [0.15, 0.2) is 0 Å². The summed E-state index contributed by atoms with van der Waals surface area (Å²) in [5, 5.41) is 0.856. The van der Waals surface area contributed by atoms with Crippen molar-refractivity contribution in [3.63, 3.8) is 0 Å². The lowest BCUT2D eigenvalue weighted by atomic mass is 10.1. The summed E-state index contributed by atoms with van der Waals surface area (Å²) < 4.78 is 5.84. The third-order valence-corrected chi connectivity index (χ3v) is 2.91. The second kappa shape index (κ2) is 7.02.